The molecule has 0 aliphatic carbocycles. The summed E-state index contributed by atoms with van der Waals surface area (Å²) in [6.45, 7) is 2.79. The molecule has 1 unspecified atom stereocenters. The van der Waals surface area contributed by atoms with Crippen LogP contribution in [-0.4, -0.2) is 28.0 Å². The third-order valence-corrected chi connectivity index (χ3v) is 4.68. The van der Waals surface area contributed by atoms with E-state index in [9.17, 15) is 4.79 Å². The molecule has 2 aromatic heterocycles. The molecule has 0 saturated heterocycles. The molecule has 4 nitrogen and oxygen atoms in total. The first-order valence-electron chi connectivity index (χ1n) is 5.49. The number of aromatic nitrogens is 1. The fourth-order valence-electron chi connectivity index (χ4n) is 1.62. The topological polar surface area (TPSA) is 53.4 Å². The van der Waals surface area contributed by atoms with Gasteiger partial charge in [0, 0.05) is 22.8 Å². The number of carboxylic acid groups (broad SMARTS) is 1. The number of carboxylic acids is 1. The molecule has 1 atom stereocenters. The molecule has 0 spiro atoms. The van der Waals surface area contributed by atoms with Gasteiger partial charge in [-0.1, -0.05) is 6.07 Å². The van der Waals surface area contributed by atoms with Crippen LogP contribution < -0.4 is 0 Å². The van der Waals surface area contributed by atoms with Crippen molar-refractivity contribution >= 4 is 28.6 Å². The van der Waals surface area contributed by atoms with Crippen LogP contribution in [0, 0.1) is 0 Å². The van der Waals surface area contributed by atoms with E-state index in [4.69, 9.17) is 5.11 Å². The van der Waals surface area contributed by atoms with E-state index in [1.165, 1.54) is 16.2 Å². The summed E-state index contributed by atoms with van der Waals surface area (Å²) in [7, 11) is 2.02. The second kappa shape index (κ2) is 5.60. The molecule has 0 aliphatic heterocycles. The summed E-state index contributed by atoms with van der Waals surface area (Å²) in [6.07, 6.45) is 0. The molecule has 0 fully saturated rings. The first-order valence-corrected chi connectivity index (χ1v) is 7.25. The highest BCUT2D eigenvalue weighted by molar-refractivity contribution is 7.11. The molecule has 0 radical (unpaired) electrons. The maximum Gasteiger partial charge on any atom is 0.365 e. The molecular weight excluding hydrogens is 268 g/mol. The van der Waals surface area contributed by atoms with E-state index in [2.05, 4.69) is 28.3 Å². The zero-order valence-electron chi connectivity index (χ0n) is 10.2. The van der Waals surface area contributed by atoms with Gasteiger partial charge in [0.2, 0.25) is 5.01 Å². The molecule has 2 aromatic rings. The minimum Gasteiger partial charge on any atom is -0.476 e. The number of hydrogen-bond donors (Lipinski definition) is 1. The van der Waals surface area contributed by atoms with Crippen molar-refractivity contribution in [2.75, 3.05) is 7.05 Å². The molecule has 18 heavy (non-hydrogen) atoms. The highest BCUT2D eigenvalue weighted by atomic mass is 32.1. The Labute approximate surface area is 114 Å². The Hall–Kier alpha value is -1.24. The Balaban J connectivity index is 2.02. The largest absolute Gasteiger partial charge is 0.476 e. The predicted octanol–water partition coefficient (Wildman–Crippen LogP) is 3.10. The number of rotatable bonds is 5. The normalized spacial score (nSPS) is 12.8. The lowest BCUT2D eigenvalue weighted by Gasteiger charge is -2.22. The molecular formula is C12H14N2O2S2. The lowest BCUT2D eigenvalue weighted by atomic mass is 10.2. The van der Waals surface area contributed by atoms with Gasteiger partial charge in [0.1, 0.15) is 0 Å². The number of carbonyl (C=O) groups is 1. The third-order valence-electron chi connectivity index (χ3n) is 2.76. The van der Waals surface area contributed by atoms with Crippen LogP contribution in [0.3, 0.4) is 0 Å². The van der Waals surface area contributed by atoms with Crippen molar-refractivity contribution in [3.63, 3.8) is 0 Å². The van der Waals surface area contributed by atoms with Crippen LogP contribution in [0.4, 0.5) is 0 Å². The van der Waals surface area contributed by atoms with Gasteiger partial charge < -0.3 is 5.11 Å². The molecule has 1 N–H and O–H groups in total. The molecule has 0 bridgehead atoms. The Kier molecular flexibility index (Phi) is 4.11. The van der Waals surface area contributed by atoms with Crippen molar-refractivity contribution in [3.05, 3.63) is 38.5 Å². The molecule has 0 aliphatic rings. The third kappa shape index (κ3) is 2.95. The lowest BCUT2D eigenvalue weighted by molar-refractivity contribution is 0.0696. The number of aromatic carboxylic acids is 1. The van der Waals surface area contributed by atoms with Crippen molar-refractivity contribution in [2.45, 2.75) is 19.5 Å². The molecule has 2 rings (SSSR count). The maximum atomic E-state index is 10.8. The molecule has 2 heterocycles. The van der Waals surface area contributed by atoms with Gasteiger partial charge in [0.05, 0.1) is 5.69 Å². The van der Waals surface area contributed by atoms with E-state index in [-0.39, 0.29) is 5.01 Å². The summed E-state index contributed by atoms with van der Waals surface area (Å²) in [4.78, 5) is 18.3. The number of nitrogens with zero attached hydrogens (tertiary/aromatic N) is 2. The first-order chi connectivity index (χ1) is 8.58. The summed E-state index contributed by atoms with van der Waals surface area (Å²) >= 11 is 2.90. The van der Waals surface area contributed by atoms with E-state index in [1.54, 1.807) is 16.7 Å². The summed E-state index contributed by atoms with van der Waals surface area (Å²) in [5, 5.41) is 12.8. The highest BCUT2D eigenvalue weighted by Crippen LogP contribution is 2.24. The minimum atomic E-state index is -0.958. The van der Waals surface area contributed by atoms with Gasteiger partial charge in [-0.05, 0) is 25.4 Å². The van der Waals surface area contributed by atoms with E-state index in [1.807, 2.05) is 13.1 Å². The van der Waals surface area contributed by atoms with E-state index in [0.29, 0.717) is 12.6 Å². The zero-order chi connectivity index (χ0) is 13.1. The summed E-state index contributed by atoms with van der Waals surface area (Å²) in [5.74, 6) is -0.958. The molecule has 0 aromatic carbocycles. The van der Waals surface area contributed by atoms with Crippen LogP contribution in [-0.2, 0) is 6.54 Å². The van der Waals surface area contributed by atoms with Gasteiger partial charge >= 0.3 is 5.97 Å². The number of thiazole rings is 1. The first kappa shape index (κ1) is 13.2. The second-order valence-corrected chi connectivity index (χ2v) is 5.89. The van der Waals surface area contributed by atoms with Crippen LogP contribution in [0.2, 0.25) is 0 Å². The van der Waals surface area contributed by atoms with Gasteiger partial charge in [-0.2, -0.15) is 0 Å². The smallest absolute Gasteiger partial charge is 0.365 e. The van der Waals surface area contributed by atoms with Crippen molar-refractivity contribution in [1.29, 1.82) is 0 Å². The van der Waals surface area contributed by atoms with Crippen molar-refractivity contribution in [3.8, 4) is 0 Å². The number of hydrogen-bond acceptors (Lipinski definition) is 5. The van der Waals surface area contributed by atoms with Crippen molar-refractivity contribution in [1.82, 2.24) is 9.88 Å². The summed E-state index contributed by atoms with van der Waals surface area (Å²) < 4.78 is 0. The van der Waals surface area contributed by atoms with Crippen LogP contribution in [0.5, 0.6) is 0 Å². The molecule has 0 amide bonds. The Morgan fingerprint density at radius 3 is 2.89 bits per heavy atom. The van der Waals surface area contributed by atoms with Crippen LogP contribution in [0.25, 0.3) is 0 Å². The van der Waals surface area contributed by atoms with E-state index >= 15 is 0 Å². The molecule has 0 saturated carbocycles. The summed E-state index contributed by atoms with van der Waals surface area (Å²) in [5.41, 5.74) is 0.809. The van der Waals surface area contributed by atoms with Gasteiger partial charge in [0.25, 0.3) is 0 Å². The number of thiophene rings is 1. The van der Waals surface area contributed by atoms with Gasteiger partial charge in [-0.3, -0.25) is 4.90 Å². The van der Waals surface area contributed by atoms with E-state index in [0.717, 1.165) is 5.69 Å². The van der Waals surface area contributed by atoms with Crippen LogP contribution >= 0.6 is 22.7 Å². The van der Waals surface area contributed by atoms with Crippen LogP contribution in [0.15, 0.2) is 22.9 Å². The standard InChI is InChI=1S/C12H14N2O2S2/c1-8(10-4-3-5-17-10)14(2)6-9-7-18-11(13-9)12(15)16/h3-5,7-8H,6H2,1-2H3,(H,15,16). The Bertz CT molecular complexity index is 522. The highest BCUT2D eigenvalue weighted by Gasteiger charge is 2.15. The zero-order valence-corrected chi connectivity index (χ0v) is 11.8. The monoisotopic (exact) mass is 282 g/mol. The maximum absolute atomic E-state index is 10.8. The molecule has 96 valence electrons. The molecule has 6 heteroatoms. The second-order valence-electron chi connectivity index (χ2n) is 4.06. The SMILES string of the molecule is CC(c1cccs1)N(C)Cc1csc(C(=O)O)n1. The minimum absolute atomic E-state index is 0.155. The fourth-order valence-corrected chi connectivity index (χ4v) is 3.11. The lowest BCUT2D eigenvalue weighted by Crippen LogP contribution is -2.21. The average Bonchev–Trinajstić information content (AvgIpc) is 2.98. The van der Waals surface area contributed by atoms with E-state index < -0.39 is 5.97 Å². The predicted molar refractivity (Wildman–Crippen MR) is 73.3 cm³/mol. The van der Waals surface area contributed by atoms with Crippen LogP contribution in [0.1, 0.15) is 33.3 Å². The fraction of sp³-hybridized carbons (Fsp3) is 0.333. The Morgan fingerprint density at radius 2 is 2.33 bits per heavy atom. The quantitative estimate of drug-likeness (QED) is 0.915. The van der Waals surface area contributed by atoms with Crippen molar-refractivity contribution < 1.29 is 9.90 Å². The van der Waals surface area contributed by atoms with Gasteiger partial charge in [-0.25, -0.2) is 9.78 Å². The summed E-state index contributed by atoms with van der Waals surface area (Å²) in [6, 6.07) is 4.45. The Morgan fingerprint density at radius 1 is 1.56 bits per heavy atom. The average molecular weight is 282 g/mol. The van der Waals surface area contributed by atoms with Gasteiger partial charge in [0.15, 0.2) is 0 Å². The van der Waals surface area contributed by atoms with Crippen molar-refractivity contribution in [2.24, 2.45) is 0 Å². The van der Waals surface area contributed by atoms with Gasteiger partial charge in [-0.15, -0.1) is 22.7 Å².